The van der Waals surface area contributed by atoms with Gasteiger partial charge in [-0.05, 0) is 52.9 Å². The van der Waals surface area contributed by atoms with Gasteiger partial charge in [0.15, 0.2) is 0 Å². The van der Waals surface area contributed by atoms with E-state index < -0.39 is 0 Å². The summed E-state index contributed by atoms with van der Waals surface area (Å²) in [6, 6.07) is 1.51. The topological polar surface area (TPSA) is 67.1 Å². The molecule has 0 radical (unpaired) electrons. The molecule has 0 aromatic rings. The van der Waals surface area contributed by atoms with Crippen molar-refractivity contribution in [1.29, 1.82) is 0 Å². The summed E-state index contributed by atoms with van der Waals surface area (Å²) in [5.74, 6) is 1.66. The molecule has 4 N–H and O–H groups in total. The van der Waals surface area contributed by atoms with Crippen LogP contribution in [0.1, 0.15) is 92.9 Å². The zero-order chi connectivity index (χ0) is 35.7. The molecule has 272 valence electrons. The van der Waals surface area contributed by atoms with Crippen molar-refractivity contribution in [1.82, 2.24) is 10.6 Å². The Morgan fingerprint density at radius 2 is 1.30 bits per heavy atom. The Kier molecular flexibility index (Phi) is 13.5. The van der Waals surface area contributed by atoms with E-state index in [1.807, 2.05) is 38.2 Å². The number of rotatable bonds is 13. The summed E-state index contributed by atoms with van der Waals surface area (Å²) >= 11 is 0. The second-order valence-corrected chi connectivity index (χ2v) is 16.5. The van der Waals surface area contributed by atoms with E-state index >= 15 is 0 Å². The fourth-order valence-corrected chi connectivity index (χ4v) is 9.30. The van der Waals surface area contributed by atoms with Gasteiger partial charge in [-0.15, -0.1) is 0 Å². The average molecular weight is 683 g/mol. The van der Waals surface area contributed by atoms with Crippen LogP contribution in [0.4, 0.5) is 0 Å². The summed E-state index contributed by atoms with van der Waals surface area (Å²) in [5, 5.41) is 6.41. The normalized spacial score (nSPS) is 33.8. The third-order valence-corrected chi connectivity index (χ3v) is 12.6. The van der Waals surface area contributed by atoms with E-state index in [-0.39, 0.29) is 17.2 Å². The number of nitrogens with one attached hydrogen (secondary N) is 4. The summed E-state index contributed by atoms with van der Waals surface area (Å²) in [7, 11) is 0. The van der Waals surface area contributed by atoms with Crippen molar-refractivity contribution in [3.63, 3.8) is 0 Å². The lowest BCUT2D eigenvalue weighted by molar-refractivity contribution is -0.900. The van der Waals surface area contributed by atoms with Crippen molar-refractivity contribution in [3.8, 4) is 0 Å². The predicted octanol–water partition coefficient (Wildman–Crippen LogP) is 5.17. The molecule has 0 bridgehead atoms. The zero-order valence-electron chi connectivity index (χ0n) is 32.0. The van der Waals surface area contributed by atoms with Crippen molar-refractivity contribution in [2.24, 2.45) is 23.2 Å². The van der Waals surface area contributed by atoms with Gasteiger partial charge in [-0.1, -0.05) is 90.5 Å². The molecule has 0 aromatic heterocycles. The minimum Gasteiger partial charge on any atom is -0.352 e. The van der Waals surface area contributed by atoms with Crippen molar-refractivity contribution >= 4 is 11.8 Å². The van der Waals surface area contributed by atoms with Crippen LogP contribution in [0.25, 0.3) is 0 Å². The van der Waals surface area contributed by atoms with Crippen LogP contribution in [-0.4, -0.2) is 63.2 Å². The van der Waals surface area contributed by atoms with E-state index in [4.69, 9.17) is 0 Å². The molecule has 2 amide bonds. The molecule has 4 fully saturated rings. The number of hydrogen-bond acceptors (Lipinski definition) is 2. The van der Waals surface area contributed by atoms with Gasteiger partial charge >= 0.3 is 0 Å². The van der Waals surface area contributed by atoms with E-state index in [1.54, 1.807) is 9.80 Å². The minimum absolute atomic E-state index is 0.0164. The fourth-order valence-electron chi connectivity index (χ4n) is 9.30. The van der Waals surface area contributed by atoms with Crippen molar-refractivity contribution in [2.45, 2.75) is 105 Å². The smallest absolute Gasteiger partial charge is 0.246 e. The molecule has 5 aliphatic rings. The van der Waals surface area contributed by atoms with E-state index in [0.717, 1.165) is 54.7 Å². The molecule has 4 saturated heterocycles. The van der Waals surface area contributed by atoms with Gasteiger partial charge in [-0.3, -0.25) is 9.59 Å². The van der Waals surface area contributed by atoms with Gasteiger partial charge in [0.2, 0.25) is 11.8 Å². The maximum absolute atomic E-state index is 12.8. The van der Waals surface area contributed by atoms with Crippen LogP contribution in [0, 0.1) is 23.2 Å². The first-order chi connectivity index (χ1) is 24.0. The number of carbonyl (C=O) groups is 2. The highest BCUT2D eigenvalue weighted by molar-refractivity contribution is 5.93. The summed E-state index contributed by atoms with van der Waals surface area (Å²) in [5.41, 5.74) is 5.32. The van der Waals surface area contributed by atoms with E-state index in [0.29, 0.717) is 17.8 Å². The van der Waals surface area contributed by atoms with Gasteiger partial charge < -0.3 is 20.4 Å². The first-order valence-electron chi connectivity index (χ1n) is 19.7. The maximum atomic E-state index is 12.8. The van der Waals surface area contributed by atoms with Crippen LogP contribution in [0.15, 0.2) is 94.7 Å². The van der Waals surface area contributed by atoms with Crippen LogP contribution in [-0.2, 0) is 9.59 Å². The van der Waals surface area contributed by atoms with Crippen molar-refractivity contribution < 1.29 is 19.4 Å². The molecule has 4 heterocycles. The second kappa shape index (κ2) is 17.8. The highest BCUT2D eigenvalue weighted by Gasteiger charge is 2.42. The molecule has 1 aliphatic carbocycles. The summed E-state index contributed by atoms with van der Waals surface area (Å²) in [6.45, 7) is 19.4. The molecule has 0 aromatic carbocycles. The van der Waals surface area contributed by atoms with Crippen molar-refractivity contribution in [3.05, 3.63) is 94.7 Å². The molecule has 4 aliphatic heterocycles. The number of hydrogen-bond donors (Lipinski definition) is 4. The number of carbonyl (C=O) groups excluding carboxylic acids is 2. The van der Waals surface area contributed by atoms with Gasteiger partial charge in [-0.2, -0.15) is 0 Å². The Morgan fingerprint density at radius 1 is 0.760 bits per heavy atom. The molecule has 0 saturated carbocycles. The Labute approximate surface area is 303 Å². The largest absolute Gasteiger partial charge is 0.352 e. The maximum Gasteiger partial charge on any atom is 0.246 e. The summed E-state index contributed by atoms with van der Waals surface area (Å²) < 4.78 is 0. The predicted molar refractivity (Wildman–Crippen MR) is 207 cm³/mol. The first kappa shape index (κ1) is 38.0. The van der Waals surface area contributed by atoms with E-state index in [9.17, 15) is 9.59 Å². The second-order valence-electron chi connectivity index (χ2n) is 16.5. The van der Waals surface area contributed by atoms with Gasteiger partial charge in [0.05, 0.1) is 38.3 Å². The fraction of sp³-hybridized carbons (Fsp3) is 0.591. The Balaban J connectivity index is 1.10. The first-order valence-corrected chi connectivity index (χ1v) is 19.7. The van der Waals surface area contributed by atoms with E-state index in [2.05, 4.69) is 80.9 Å². The lowest BCUT2D eigenvalue weighted by Crippen LogP contribution is -3.11. The molecule has 6 unspecified atom stereocenters. The lowest BCUT2D eigenvalue weighted by Gasteiger charge is -2.36. The number of fused-ring (bicyclic) bond motifs is 2. The minimum atomic E-state index is 0.0164. The standard InChI is InChI=1S/C44H64N4O2/c1-32(12-7-15-35(4)42(49)45-30-37-20-26-47-24-10-17-40(37)47)14-9-22-44(6)23-19-34(3)29-39(44)28-33(2)13-8-16-36(5)43(50)46-31-38-21-27-48-25-11-18-41(38)48/h7-9,12-16,22,28-29,37-41H,10-11,17-21,23-27,30-31H2,1-6H3,(H,45,49)(H,46,50)/p+2/b12-7+,13-8+,22-9+,32-14+,33-28+,35-15+,36-16+/t37?,38?,39-,40?,41?,44-/m0/s1. The summed E-state index contributed by atoms with van der Waals surface area (Å²) in [4.78, 5) is 29.0. The Hall–Kier alpha value is -3.22. The molecule has 5 rings (SSSR count). The van der Waals surface area contributed by atoms with Crippen LogP contribution < -0.4 is 20.4 Å². The Bertz CT molecular complexity index is 1470. The molecule has 6 nitrogen and oxygen atoms in total. The molecular formula is C44H66N4O2+2. The monoisotopic (exact) mass is 683 g/mol. The number of amides is 2. The van der Waals surface area contributed by atoms with Crippen LogP contribution in [0.2, 0.25) is 0 Å². The number of quaternary nitrogens is 2. The van der Waals surface area contributed by atoms with Gasteiger partial charge in [-0.25, -0.2) is 0 Å². The highest BCUT2D eigenvalue weighted by atomic mass is 16.2. The third kappa shape index (κ3) is 10.2. The van der Waals surface area contributed by atoms with Crippen molar-refractivity contribution in [2.75, 3.05) is 39.3 Å². The zero-order valence-corrected chi connectivity index (χ0v) is 32.0. The quantitative estimate of drug-likeness (QED) is 0.123. The molecule has 50 heavy (non-hydrogen) atoms. The molecular weight excluding hydrogens is 617 g/mol. The molecule has 6 heteroatoms. The highest BCUT2D eigenvalue weighted by Crippen LogP contribution is 2.42. The molecule has 0 spiro atoms. The SMILES string of the molecule is CC1=C[C@H](/C=C(C)/C=C/C=C(\C)C(=O)NCC2CC[NH+]3CCCC23)[C@@](C)(/C=C/C=C(C)/C=C/C=C(\C)C(=O)NCC2CC[NH+]3CCCC23)CC1. The lowest BCUT2D eigenvalue weighted by atomic mass is 9.68. The number of allylic oxidation sites excluding steroid dienone is 14. The average Bonchev–Trinajstić information content (AvgIpc) is 3.89. The third-order valence-electron chi connectivity index (χ3n) is 12.6. The molecule has 8 atom stereocenters. The van der Waals surface area contributed by atoms with E-state index in [1.165, 1.54) is 75.9 Å². The van der Waals surface area contributed by atoms with Crippen LogP contribution in [0.3, 0.4) is 0 Å². The Morgan fingerprint density at radius 3 is 1.86 bits per heavy atom. The van der Waals surface area contributed by atoms with Crippen LogP contribution in [0.5, 0.6) is 0 Å². The van der Waals surface area contributed by atoms with Gasteiger partial charge in [0.25, 0.3) is 0 Å². The summed E-state index contributed by atoms with van der Waals surface area (Å²) in [6.07, 6.45) is 33.6. The van der Waals surface area contributed by atoms with Gasteiger partial charge in [0.1, 0.15) is 0 Å². The van der Waals surface area contributed by atoms with Crippen LogP contribution >= 0.6 is 0 Å². The van der Waals surface area contributed by atoms with Gasteiger partial charge in [0, 0.05) is 80.5 Å².